The van der Waals surface area contributed by atoms with E-state index in [0.717, 1.165) is 12.8 Å². The van der Waals surface area contributed by atoms with Crippen LogP contribution in [0.15, 0.2) is 18.5 Å². The summed E-state index contributed by atoms with van der Waals surface area (Å²) < 4.78 is 1.56. The van der Waals surface area contributed by atoms with Crippen LogP contribution in [0.4, 0.5) is 5.95 Å². The van der Waals surface area contributed by atoms with Gasteiger partial charge < -0.3 is 5.32 Å². The summed E-state index contributed by atoms with van der Waals surface area (Å²) in [6, 6.07) is 2.08. The number of hydrogen-bond acceptors (Lipinski definition) is 5. The summed E-state index contributed by atoms with van der Waals surface area (Å²) in [5.41, 5.74) is 0. The Kier molecular flexibility index (Phi) is 4.89. The molecule has 2 heterocycles. The molecule has 0 spiro atoms. The maximum Gasteiger partial charge on any atom is 0.256 e. The van der Waals surface area contributed by atoms with Crippen molar-refractivity contribution in [2.45, 2.75) is 39.7 Å². The van der Waals surface area contributed by atoms with Crippen molar-refractivity contribution in [2.24, 2.45) is 5.92 Å². The van der Waals surface area contributed by atoms with Gasteiger partial charge in [0, 0.05) is 18.4 Å². The number of halogens is 1. The van der Waals surface area contributed by atoms with Gasteiger partial charge in [0.2, 0.25) is 11.2 Å². The third-order valence-corrected chi connectivity index (χ3v) is 3.59. The van der Waals surface area contributed by atoms with Gasteiger partial charge in [0.15, 0.2) is 0 Å². The van der Waals surface area contributed by atoms with Crippen LogP contribution in [-0.4, -0.2) is 30.8 Å². The normalized spacial score (nSPS) is 12.7. The molecule has 108 valence electrons. The number of hydrogen-bond donors (Lipinski definition) is 1. The second kappa shape index (κ2) is 6.65. The van der Waals surface area contributed by atoms with Crippen molar-refractivity contribution in [3.63, 3.8) is 0 Å². The molecule has 0 amide bonds. The maximum absolute atomic E-state index is 5.95. The van der Waals surface area contributed by atoms with E-state index in [1.54, 1.807) is 23.1 Å². The largest absolute Gasteiger partial charge is 0.351 e. The molecule has 0 fully saturated rings. The molecule has 0 aromatic carbocycles. The molecular formula is C13H19ClN6. The first-order valence-electron chi connectivity index (χ1n) is 6.82. The number of rotatable bonds is 6. The Hall–Kier alpha value is -1.69. The zero-order chi connectivity index (χ0) is 14.5. The fourth-order valence-electron chi connectivity index (χ4n) is 2.21. The Labute approximate surface area is 123 Å². The van der Waals surface area contributed by atoms with Crippen molar-refractivity contribution < 1.29 is 0 Å². The summed E-state index contributed by atoms with van der Waals surface area (Å²) in [6.07, 6.45) is 5.64. The Morgan fingerprint density at radius 3 is 2.60 bits per heavy atom. The molecule has 2 aromatic heterocycles. The van der Waals surface area contributed by atoms with Gasteiger partial charge in [-0.05, 0) is 30.5 Å². The second-order valence-electron chi connectivity index (χ2n) is 4.69. The Bertz CT molecular complexity index is 538. The van der Waals surface area contributed by atoms with Crippen LogP contribution in [0.5, 0.6) is 0 Å². The highest BCUT2D eigenvalue weighted by molar-refractivity contribution is 6.28. The Morgan fingerprint density at radius 1 is 1.25 bits per heavy atom. The van der Waals surface area contributed by atoms with Crippen LogP contribution in [-0.2, 0) is 0 Å². The van der Waals surface area contributed by atoms with E-state index in [-0.39, 0.29) is 11.3 Å². The van der Waals surface area contributed by atoms with Crippen LogP contribution in [0.3, 0.4) is 0 Å². The van der Waals surface area contributed by atoms with Crippen LogP contribution in [0.25, 0.3) is 5.95 Å². The average Bonchev–Trinajstić information content (AvgIpc) is 2.93. The molecule has 0 radical (unpaired) electrons. The summed E-state index contributed by atoms with van der Waals surface area (Å²) in [4.78, 5) is 12.5. The van der Waals surface area contributed by atoms with E-state index in [0.29, 0.717) is 17.8 Å². The maximum atomic E-state index is 5.95. The number of aromatic nitrogens is 5. The molecule has 0 aliphatic carbocycles. The van der Waals surface area contributed by atoms with Gasteiger partial charge in [0.25, 0.3) is 5.95 Å². The zero-order valence-electron chi connectivity index (χ0n) is 11.9. The van der Waals surface area contributed by atoms with Gasteiger partial charge >= 0.3 is 0 Å². The van der Waals surface area contributed by atoms with E-state index >= 15 is 0 Å². The lowest BCUT2D eigenvalue weighted by Crippen LogP contribution is -2.26. The van der Waals surface area contributed by atoms with Crippen LogP contribution >= 0.6 is 11.6 Å². The molecule has 0 aliphatic rings. The van der Waals surface area contributed by atoms with E-state index in [1.165, 1.54) is 0 Å². The standard InChI is InChI=1S/C13H19ClN6/c1-4-10(5-2)9(3)16-12-17-11(14)18-13(19-12)20-8-6-7-15-20/h6-10H,4-5H2,1-3H3,(H,16,17,18,19). The molecule has 2 aromatic rings. The monoisotopic (exact) mass is 294 g/mol. The molecule has 0 bridgehead atoms. The highest BCUT2D eigenvalue weighted by Crippen LogP contribution is 2.17. The van der Waals surface area contributed by atoms with E-state index in [9.17, 15) is 0 Å². The Morgan fingerprint density at radius 2 is 2.00 bits per heavy atom. The van der Waals surface area contributed by atoms with Crippen LogP contribution < -0.4 is 5.32 Å². The van der Waals surface area contributed by atoms with Gasteiger partial charge in [0.1, 0.15) is 0 Å². The van der Waals surface area contributed by atoms with Gasteiger partial charge in [-0.25, -0.2) is 4.68 Å². The highest BCUT2D eigenvalue weighted by Gasteiger charge is 2.15. The molecule has 2 rings (SSSR count). The summed E-state index contributed by atoms with van der Waals surface area (Å²) >= 11 is 5.95. The third-order valence-electron chi connectivity index (χ3n) is 3.42. The number of anilines is 1. The number of nitrogens with zero attached hydrogens (tertiary/aromatic N) is 5. The van der Waals surface area contributed by atoms with Crippen molar-refractivity contribution in [1.82, 2.24) is 24.7 Å². The van der Waals surface area contributed by atoms with E-state index in [2.05, 4.69) is 46.1 Å². The lowest BCUT2D eigenvalue weighted by Gasteiger charge is -2.22. The average molecular weight is 295 g/mol. The first-order chi connectivity index (χ1) is 9.63. The summed E-state index contributed by atoms with van der Waals surface area (Å²) in [6.45, 7) is 6.49. The minimum Gasteiger partial charge on any atom is -0.351 e. The lowest BCUT2D eigenvalue weighted by molar-refractivity contribution is 0.436. The predicted octanol–water partition coefficient (Wildman–Crippen LogP) is 2.95. The highest BCUT2D eigenvalue weighted by atomic mass is 35.5. The van der Waals surface area contributed by atoms with E-state index in [1.807, 2.05) is 0 Å². The zero-order valence-corrected chi connectivity index (χ0v) is 12.7. The molecule has 0 aliphatic heterocycles. The van der Waals surface area contributed by atoms with E-state index in [4.69, 9.17) is 11.6 Å². The summed E-state index contributed by atoms with van der Waals surface area (Å²) in [5.74, 6) is 1.46. The first-order valence-corrected chi connectivity index (χ1v) is 7.20. The van der Waals surface area contributed by atoms with Crippen molar-refractivity contribution in [3.8, 4) is 5.95 Å². The summed E-state index contributed by atoms with van der Waals surface area (Å²) in [7, 11) is 0. The topological polar surface area (TPSA) is 68.5 Å². The van der Waals surface area contributed by atoms with Crippen molar-refractivity contribution >= 4 is 17.5 Å². The minimum atomic E-state index is 0.157. The fourth-order valence-corrected chi connectivity index (χ4v) is 2.37. The molecular weight excluding hydrogens is 276 g/mol. The van der Waals surface area contributed by atoms with E-state index < -0.39 is 0 Å². The molecule has 0 saturated carbocycles. The third kappa shape index (κ3) is 3.45. The van der Waals surface area contributed by atoms with Crippen LogP contribution in [0.1, 0.15) is 33.6 Å². The van der Waals surface area contributed by atoms with Crippen molar-refractivity contribution in [2.75, 3.05) is 5.32 Å². The molecule has 1 unspecified atom stereocenters. The van der Waals surface area contributed by atoms with Gasteiger partial charge in [-0.1, -0.05) is 26.7 Å². The predicted molar refractivity (Wildman–Crippen MR) is 79.1 cm³/mol. The fraction of sp³-hybridized carbons (Fsp3) is 0.538. The van der Waals surface area contributed by atoms with Gasteiger partial charge in [0.05, 0.1) is 0 Å². The SMILES string of the molecule is CCC(CC)C(C)Nc1nc(Cl)nc(-n2cccn2)n1. The molecule has 7 heteroatoms. The quantitative estimate of drug-likeness (QED) is 0.887. The number of nitrogens with one attached hydrogen (secondary N) is 1. The Balaban J connectivity index is 2.20. The lowest BCUT2D eigenvalue weighted by atomic mass is 9.96. The molecule has 6 nitrogen and oxygen atoms in total. The molecule has 0 saturated heterocycles. The van der Waals surface area contributed by atoms with Crippen LogP contribution in [0.2, 0.25) is 5.28 Å². The summed E-state index contributed by atoms with van der Waals surface area (Å²) in [5, 5.41) is 7.55. The smallest absolute Gasteiger partial charge is 0.256 e. The molecule has 1 N–H and O–H groups in total. The van der Waals surface area contributed by atoms with Gasteiger partial charge in [-0.2, -0.15) is 20.1 Å². The first kappa shape index (κ1) is 14.7. The second-order valence-corrected chi connectivity index (χ2v) is 5.03. The molecule has 1 atom stereocenters. The molecule has 20 heavy (non-hydrogen) atoms. The van der Waals surface area contributed by atoms with Gasteiger partial charge in [-0.3, -0.25) is 0 Å². The van der Waals surface area contributed by atoms with Crippen molar-refractivity contribution in [3.05, 3.63) is 23.7 Å². The van der Waals surface area contributed by atoms with Crippen molar-refractivity contribution in [1.29, 1.82) is 0 Å². The van der Waals surface area contributed by atoms with Gasteiger partial charge in [-0.15, -0.1) is 0 Å². The van der Waals surface area contributed by atoms with Crippen LogP contribution in [0, 0.1) is 5.92 Å². The minimum absolute atomic E-state index is 0.157.